The van der Waals surface area contributed by atoms with Gasteiger partial charge in [-0.1, -0.05) is 29.8 Å². The fourth-order valence-electron chi connectivity index (χ4n) is 2.01. The Morgan fingerprint density at radius 2 is 2.10 bits per heavy atom. The highest BCUT2D eigenvalue weighted by molar-refractivity contribution is 9.10. The van der Waals surface area contributed by atoms with Gasteiger partial charge in [-0.25, -0.2) is 4.39 Å². The molecule has 1 aromatic heterocycles. The molecule has 108 valence electrons. The molecule has 0 fully saturated rings. The van der Waals surface area contributed by atoms with Gasteiger partial charge in [0.15, 0.2) is 0 Å². The van der Waals surface area contributed by atoms with E-state index in [2.05, 4.69) is 40.2 Å². The zero-order valence-electron chi connectivity index (χ0n) is 12.0. The van der Waals surface area contributed by atoms with Gasteiger partial charge in [-0.15, -0.1) is 0 Å². The zero-order valence-corrected chi connectivity index (χ0v) is 13.5. The Balaban J connectivity index is 2.13. The van der Waals surface area contributed by atoms with E-state index in [-0.39, 0.29) is 5.82 Å². The quantitative estimate of drug-likeness (QED) is 0.901. The second-order valence-corrected chi connectivity index (χ2v) is 6.14. The highest BCUT2D eigenvalue weighted by Crippen LogP contribution is 2.17. The van der Waals surface area contributed by atoms with Crippen LogP contribution in [-0.2, 0) is 13.1 Å². The summed E-state index contributed by atoms with van der Waals surface area (Å²) in [6.07, 6.45) is 1.87. The van der Waals surface area contributed by atoms with Crippen LogP contribution in [0.1, 0.15) is 30.7 Å². The minimum absolute atomic E-state index is 0.235. The van der Waals surface area contributed by atoms with Gasteiger partial charge < -0.3 is 5.32 Å². The highest BCUT2D eigenvalue weighted by Gasteiger charge is 2.08. The van der Waals surface area contributed by atoms with Crippen molar-refractivity contribution in [3.8, 4) is 0 Å². The van der Waals surface area contributed by atoms with Crippen LogP contribution in [0.15, 0.2) is 28.9 Å². The average Bonchev–Trinajstić information content (AvgIpc) is 2.67. The summed E-state index contributed by atoms with van der Waals surface area (Å²) in [7, 11) is 0. The van der Waals surface area contributed by atoms with Crippen molar-refractivity contribution in [1.82, 2.24) is 15.1 Å². The van der Waals surface area contributed by atoms with Crippen LogP contribution in [0.5, 0.6) is 0 Å². The van der Waals surface area contributed by atoms with Gasteiger partial charge in [-0.3, -0.25) is 4.68 Å². The van der Waals surface area contributed by atoms with Crippen molar-refractivity contribution in [2.24, 2.45) is 0 Å². The number of hydrogen-bond acceptors (Lipinski definition) is 2. The smallest absolute Gasteiger partial charge is 0.124 e. The molecule has 5 heteroatoms. The van der Waals surface area contributed by atoms with Crippen molar-refractivity contribution >= 4 is 15.9 Å². The van der Waals surface area contributed by atoms with Crippen LogP contribution in [0.2, 0.25) is 0 Å². The Morgan fingerprint density at radius 1 is 1.35 bits per heavy atom. The predicted octanol–water partition coefficient (Wildman–Crippen LogP) is 3.64. The Kier molecular flexibility index (Phi) is 4.94. The molecule has 0 unspecified atom stereocenters. The lowest BCUT2D eigenvalue weighted by Crippen LogP contribution is -2.22. The van der Waals surface area contributed by atoms with Gasteiger partial charge in [0.2, 0.25) is 0 Å². The third-order valence-electron chi connectivity index (χ3n) is 3.16. The molecule has 0 spiro atoms. The van der Waals surface area contributed by atoms with Gasteiger partial charge in [0.05, 0.1) is 12.7 Å². The van der Waals surface area contributed by atoms with Crippen LogP contribution in [0.25, 0.3) is 0 Å². The number of benzene rings is 1. The number of nitrogens with zero attached hydrogens (tertiary/aromatic N) is 2. The van der Waals surface area contributed by atoms with E-state index in [9.17, 15) is 4.39 Å². The van der Waals surface area contributed by atoms with E-state index in [4.69, 9.17) is 0 Å². The van der Waals surface area contributed by atoms with Gasteiger partial charge in [0.25, 0.3) is 0 Å². The monoisotopic (exact) mass is 339 g/mol. The van der Waals surface area contributed by atoms with Crippen molar-refractivity contribution in [3.05, 3.63) is 51.5 Å². The van der Waals surface area contributed by atoms with Crippen LogP contribution in [0.4, 0.5) is 4.39 Å². The van der Waals surface area contributed by atoms with Gasteiger partial charge in [0.1, 0.15) is 5.82 Å². The van der Waals surface area contributed by atoms with Gasteiger partial charge in [-0.05, 0) is 30.7 Å². The third kappa shape index (κ3) is 3.90. The van der Waals surface area contributed by atoms with Gasteiger partial charge >= 0.3 is 0 Å². The second kappa shape index (κ2) is 6.50. The summed E-state index contributed by atoms with van der Waals surface area (Å²) in [5, 5.41) is 7.76. The zero-order chi connectivity index (χ0) is 14.7. The maximum Gasteiger partial charge on any atom is 0.124 e. The highest BCUT2D eigenvalue weighted by atomic mass is 79.9. The van der Waals surface area contributed by atoms with E-state index in [0.29, 0.717) is 12.6 Å². The molecule has 0 amide bonds. The largest absolute Gasteiger partial charge is 0.310 e. The number of rotatable bonds is 5. The van der Waals surface area contributed by atoms with E-state index >= 15 is 0 Å². The number of aromatic nitrogens is 2. The minimum Gasteiger partial charge on any atom is -0.310 e. The lowest BCUT2D eigenvalue weighted by molar-refractivity contribution is 0.584. The minimum atomic E-state index is -0.235. The molecule has 20 heavy (non-hydrogen) atoms. The summed E-state index contributed by atoms with van der Waals surface area (Å²) in [6, 6.07) is 5.35. The molecule has 3 nitrogen and oxygen atoms in total. The van der Waals surface area contributed by atoms with E-state index in [1.165, 1.54) is 17.7 Å². The van der Waals surface area contributed by atoms with Crippen molar-refractivity contribution in [2.75, 3.05) is 0 Å². The molecule has 0 aliphatic rings. The molecular formula is C15H19BrFN3. The van der Waals surface area contributed by atoms with E-state index in [1.54, 1.807) is 0 Å². The molecule has 0 saturated heterocycles. The maximum absolute atomic E-state index is 13.4. The molecular weight excluding hydrogens is 321 g/mol. The molecule has 0 aliphatic heterocycles. The van der Waals surface area contributed by atoms with Crippen LogP contribution in [-0.4, -0.2) is 15.8 Å². The molecule has 0 radical (unpaired) electrons. The van der Waals surface area contributed by atoms with Crippen LogP contribution >= 0.6 is 15.9 Å². The normalized spacial score (nSPS) is 11.3. The molecule has 1 heterocycles. The average molecular weight is 340 g/mol. The fourth-order valence-corrected chi connectivity index (χ4v) is 2.52. The molecule has 1 aromatic carbocycles. The number of halogens is 2. The van der Waals surface area contributed by atoms with Crippen molar-refractivity contribution in [1.29, 1.82) is 0 Å². The van der Waals surface area contributed by atoms with Gasteiger partial charge in [-0.2, -0.15) is 5.10 Å². The van der Waals surface area contributed by atoms with Crippen molar-refractivity contribution in [2.45, 2.75) is 39.9 Å². The second-order valence-electron chi connectivity index (χ2n) is 5.23. The standard InChI is InChI=1S/C15H19BrFN3/c1-10(2)18-7-13-8-19-20(11(13)3)9-12-4-14(16)6-15(17)5-12/h4-6,8,10,18H,7,9H2,1-3H3. The Morgan fingerprint density at radius 3 is 2.75 bits per heavy atom. The molecule has 0 saturated carbocycles. The van der Waals surface area contributed by atoms with Crippen molar-refractivity contribution < 1.29 is 4.39 Å². The Labute approximate surface area is 127 Å². The fraction of sp³-hybridized carbons (Fsp3) is 0.400. The Hall–Kier alpha value is -1.20. The molecule has 2 rings (SSSR count). The maximum atomic E-state index is 13.4. The van der Waals surface area contributed by atoms with E-state index in [0.717, 1.165) is 22.3 Å². The molecule has 0 bridgehead atoms. The summed E-state index contributed by atoms with van der Waals surface area (Å²) in [6.45, 7) is 7.65. The first kappa shape index (κ1) is 15.2. The molecule has 1 N–H and O–H groups in total. The summed E-state index contributed by atoms with van der Waals surface area (Å²) < 4.78 is 16.0. The Bertz CT molecular complexity index is 573. The van der Waals surface area contributed by atoms with E-state index < -0.39 is 0 Å². The molecule has 0 atom stereocenters. The number of hydrogen-bond donors (Lipinski definition) is 1. The first-order chi connectivity index (χ1) is 9.45. The SMILES string of the molecule is Cc1c(CNC(C)C)cnn1Cc1cc(F)cc(Br)c1. The summed E-state index contributed by atoms with van der Waals surface area (Å²) in [5.41, 5.74) is 3.18. The first-order valence-electron chi connectivity index (χ1n) is 6.65. The number of nitrogens with one attached hydrogen (secondary N) is 1. The third-order valence-corrected chi connectivity index (χ3v) is 3.62. The lowest BCUT2D eigenvalue weighted by Gasteiger charge is -2.09. The molecule has 0 aliphatic carbocycles. The van der Waals surface area contributed by atoms with E-state index in [1.807, 2.05) is 23.9 Å². The molecule has 2 aromatic rings. The lowest BCUT2D eigenvalue weighted by atomic mass is 10.2. The van der Waals surface area contributed by atoms with Crippen LogP contribution in [0.3, 0.4) is 0 Å². The van der Waals surface area contributed by atoms with Crippen LogP contribution < -0.4 is 5.32 Å². The summed E-state index contributed by atoms with van der Waals surface area (Å²) in [5.74, 6) is -0.235. The van der Waals surface area contributed by atoms with Crippen LogP contribution in [0, 0.1) is 12.7 Å². The van der Waals surface area contributed by atoms with Gasteiger partial charge in [0, 0.05) is 28.3 Å². The summed E-state index contributed by atoms with van der Waals surface area (Å²) >= 11 is 3.31. The predicted molar refractivity (Wildman–Crippen MR) is 82.1 cm³/mol. The first-order valence-corrected chi connectivity index (χ1v) is 7.44. The van der Waals surface area contributed by atoms with Crippen molar-refractivity contribution in [3.63, 3.8) is 0 Å². The topological polar surface area (TPSA) is 29.9 Å². The summed E-state index contributed by atoms with van der Waals surface area (Å²) in [4.78, 5) is 0.